The predicted octanol–water partition coefficient (Wildman–Crippen LogP) is 3.85. The molecule has 2 aromatic heterocycles. The lowest BCUT2D eigenvalue weighted by atomic mass is 9.93. The minimum atomic E-state index is -0.356. The number of nitrogen functional groups attached to an aromatic ring is 1. The molecule has 1 atom stereocenters. The number of nitrogens with two attached hydrogens (primary N) is 1. The third kappa shape index (κ3) is 3.97. The van der Waals surface area contributed by atoms with E-state index in [1.165, 1.54) is 12.4 Å². The monoisotopic (exact) mass is 426 g/mol. The van der Waals surface area contributed by atoms with Crippen LogP contribution < -0.4 is 10.5 Å². The van der Waals surface area contributed by atoms with Crippen molar-refractivity contribution in [3.05, 3.63) is 36.5 Å². The zero-order valence-electron chi connectivity index (χ0n) is 17.3. The van der Waals surface area contributed by atoms with Crippen LogP contribution in [-0.4, -0.2) is 45.1 Å². The van der Waals surface area contributed by atoms with Gasteiger partial charge in [0.05, 0.1) is 17.6 Å². The normalized spacial score (nSPS) is 24.0. The van der Waals surface area contributed by atoms with Crippen LogP contribution in [0.4, 0.5) is 10.2 Å². The third-order valence-electron chi connectivity index (χ3n) is 6.39. The van der Waals surface area contributed by atoms with Crippen molar-refractivity contribution < 1.29 is 19.0 Å². The molecule has 0 amide bonds. The van der Waals surface area contributed by atoms with Crippen molar-refractivity contribution in [2.45, 2.75) is 56.8 Å². The molecule has 0 bridgehead atoms. The fourth-order valence-corrected chi connectivity index (χ4v) is 4.69. The Kier molecular flexibility index (Phi) is 5.50. The van der Waals surface area contributed by atoms with E-state index in [4.69, 9.17) is 15.2 Å². The Bertz CT molecular complexity index is 1070. The van der Waals surface area contributed by atoms with Crippen LogP contribution >= 0.6 is 0 Å². The van der Waals surface area contributed by atoms with Crippen molar-refractivity contribution in [2.24, 2.45) is 0 Å². The summed E-state index contributed by atoms with van der Waals surface area (Å²) >= 11 is 0. The second kappa shape index (κ2) is 8.43. The van der Waals surface area contributed by atoms with Gasteiger partial charge in [0.2, 0.25) is 0 Å². The van der Waals surface area contributed by atoms with Gasteiger partial charge in [-0.3, -0.25) is 0 Å². The minimum absolute atomic E-state index is 0.0844. The number of aromatic nitrogens is 3. The number of ether oxygens (including phenoxy) is 2. The minimum Gasteiger partial charge on any atom is -0.491 e. The Labute approximate surface area is 180 Å². The summed E-state index contributed by atoms with van der Waals surface area (Å²) in [7, 11) is 0. The summed E-state index contributed by atoms with van der Waals surface area (Å²) in [5.41, 5.74) is 7.96. The highest BCUT2D eigenvalue weighted by molar-refractivity contribution is 6.01. The van der Waals surface area contributed by atoms with Crippen LogP contribution in [0.1, 0.15) is 44.6 Å². The summed E-state index contributed by atoms with van der Waals surface area (Å²) in [6.45, 7) is 1.21. The van der Waals surface area contributed by atoms with Gasteiger partial charge < -0.3 is 24.9 Å². The summed E-state index contributed by atoms with van der Waals surface area (Å²) in [6, 6.07) is 4.94. The second-order valence-corrected chi connectivity index (χ2v) is 8.46. The first-order valence-corrected chi connectivity index (χ1v) is 10.9. The molecule has 5 rings (SSSR count). The second-order valence-electron chi connectivity index (χ2n) is 8.46. The van der Waals surface area contributed by atoms with E-state index >= 15 is 0 Å². The smallest absolute Gasteiger partial charge is 0.146 e. The first-order chi connectivity index (χ1) is 15.1. The summed E-state index contributed by atoms with van der Waals surface area (Å²) < 4.78 is 28.5. The highest BCUT2D eigenvalue weighted by atomic mass is 19.1. The Hall–Kier alpha value is -2.71. The maximum atomic E-state index is 15.0. The molecule has 0 spiro atoms. The van der Waals surface area contributed by atoms with E-state index in [1.807, 2.05) is 6.20 Å². The van der Waals surface area contributed by atoms with Crippen LogP contribution in [0.25, 0.3) is 22.2 Å². The Morgan fingerprint density at radius 2 is 2.00 bits per heavy atom. The van der Waals surface area contributed by atoms with Crippen LogP contribution in [0.3, 0.4) is 0 Å². The van der Waals surface area contributed by atoms with E-state index in [-0.39, 0.29) is 24.1 Å². The average molecular weight is 426 g/mol. The summed E-state index contributed by atoms with van der Waals surface area (Å²) in [5.74, 6) is 0.550. The largest absolute Gasteiger partial charge is 0.491 e. The molecule has 1 aliphatic carbocycles. The van der Waals surface area contributed by atoms with Gasteiger partial charge in [-0.15, -0.1) is 0 Å². The van der Waals surface area contributed by atoms with E-state index in [0.717, 1.165) is 45.1 Å². The number of benzene rings is 1. The molecule has 1 saturated heterocycles. The molecule has 7 nitrogen and oxygen atoms in total. The van der Waals surface area contributed by atoms with E-state index in [2.05, 4.69) is 14.5 Å². The molecule has 3 heterocycles. The molecule has 0 radical (unpaired) electrons. The van der Waals surface area contributed by atoms with Crippen LogP contribution in [0.2, 0.25) is 0 Å². The lowest BCUT2D eigenvalue weighted by molar-refractivity contribution is 0.0679. The molecule has 1 unspecified atom stereocenters. The third-order valence-corrected chi connectivity index (χ3v) is 6.39. The average Bonchev–Trinajstić information content (AvgIpc) is 3.43. The Morgan fingerprint density at radius 1 is 1.16 bits per heavy atom. The zero-order chi connectivity index (χ0) is 21.4. The molecule has 2 aliphatic rings. The van der Waals surface area contributed by atoms with Crippen LogP contribution in [0, 0.1) is 5.82 Å². The highest BCUT2D eigenvalue weighted by Crippen LogP contribution is 2.39. The van der Waals surface area contributed by atoms with Gasteiger partial charge in [0.25, 0.3) is 0 Å². The molecule has 1 saturated carbocycles. The number of halogens is 1. The zero-order valence-corrected chi connectivity index (χ0v) is 17.3. The molecule has 3 N–H and O–H groups in total. The summed E-state index contributed by atoms with van der Waals surface area (Å²) in [4.78, 5) is 8.61. The van der Waals surface area contributed by atoms with Gasteiger partial charge in [0, 0.05) is 30.0 Å². The topological polar surface area (TPSA) is 95.4 Å². The number of aliphatic hydroxyl groups is 1. The first-order valence-electron chi connectivity index (χ1n) is 10.9. The highest BCUT2D eigenvalue weighted by Gasteiger charge is 2.26. The molecule has 2 fully saturated rings. The number of fused-ring (bicyclic) bond motifs is 1. The van der Waals surface area contributed by atoms with Crippen LogP contribution in [0.15, 0.2) is 30.7 Å². The van der Waals surface area contributed by atoms with Gasteiger partial charge in [-0.2, -0.15) is 0 Å². The fraction of sp³-hybridized carbons (Fsp3) is 0.478. The standard InChI is InChI=1S/C23H27FN4O3/c24-20-8-7-16(31-12-17-2-1-9-30-17)10-18(20)19-11-28(14-3-5-15(29)6-4-14)23-21(19)22(25)26-13-27-23/h7-8,10-11,13-15,17,29H,1-6,9,12H2,(H2,25,26,27). The predicted molar refractivity (Wildman–Crippen MR) is 115 cm³/mol. The quantitative estimate of drug-likeness (QED) is 0.643. The Morgan fingerprint density at radius 3 is 2.77 bits per heavy atom. The van der Waals surface area contributed by atoms with Gasteiger partial charge in [-0.25, -0.2) is 14.4 Å². The number of hydrogen-bond donors (Lipinski definition) is 2. The fourth-order valence-electron chi connectivity index (χ4n) is 4.69. The van der Waals surface area contributed by atoms with Gasteiger partial charge in [0.1, 0.15) is 36.0 Å². The molecule has 1 aliphatic heterocycles. The van der Waals surface area contributed by atoms with Crippen LogP contribution in [0.5, 0.6) is 5.75 Å². The molecule has 164 valence electrons. The number of anilines is 1. The first kappa shape index (κ1) is 20.2. The summed E-state index contributed by atoms with van der Waals surface area (Å²) in [6.07, 6.45) is 8.34. The number of rotatable bonds is 5. The number of aliphatic hydroxyl groups excluding tert-OH is 1. The van der Waals surface area contributed by atoms with Gasteiger partial charge in [0.15, 0.2) is 0 Å². The van der Waals surface area contributed by atoms with Gasteiger partial charge in [-0.1, -0.05) is 0 Å². The van der Waals surface area contributed by atoms with E-state index in [9.17, 15) is 9.50 Å². The SMILES string of the molecule is Nc1ncnc2c1c(-c1cc(OCC3CCCO3)ccc1F)cn2C1CCC(O)CC1. The molecular formula is C23H27FN4O3. The van der Waals surface area contributed by atoms with Crippen molar-refractivity contribution >= 4 is 16.9 Å². The van der Waals surface area contributed by atoms with Crippen molar-refractivity contribution in [3.8, 4) is 16.9 Å². The van der Waals surface area contributed by atoms with Crippen molar-refractivity contribution in [1.29, 1.82) is 0 Å². The lowest BCUT2D eigenvalue weighted by Gasteiger charge is -2.27. The lowest BCUT2D eigenvalue weighted by Crippen LogP contribution is -2.20. The van der Waals surface area contributed by atoms with Crippen molar-refractivity contribution in [3.63, 3.8) is 0 Å². The molecule has 31 heavy (non-hydrogen) atoms. The number of nitrogens with zero attached hydrogens (tertiary/aromatic N) is 3. The van der Waals surface area contributed by atoms with Gasteiger partial charge in [-0.05, 0) is 56.7 Å². The van der Waals surface area contributed by atoms with Crippen molar-refractivity contribution in [1.82, 2.24) is 14.5 Å². The van der Waals surface area contributed by atoms with E-state index in [1.54, 1.807) is 12.1 Å². The molecule has 1 aromatic carbocycles. The van der Waals surface area contributed by atoms with E-state index < -0.39 is 0 Å². The maximum absolute atomic E-state index is 15.0. The Balaban J connectivity index is 1.52. The molecule has 8 heteroatoms. The molecular weight excluding hydrogens is 399 g/mol. The van der Waals surface area contributed by atoms with Crippen LogP contribution in [-0.2, 0) is 4.74 Å². The van der Waals surface area contributed by atoms with E-state index in [0.29, 0.717) is 40.3 Å². The summed E-state index contributed by atoms with van der Waals surface area (Å²) in [5, 5.41) is 10.5. The maximum Gasteiger partial charge on any atom is 0.146 e. The van der Waals surface area contributed by atoms with Gasteiger partial charge >= 0.3 is 0 Å². The molecule has 3 aromatic rings. The van der Waals surface area contributed by atoms with Crippen molar-refractivity contribution in [2.75, 3.05) is 18.9 Å². The number of hydrogen-bond acceptors (Lipinski definition) is 6.